The van der Waals surface area contributed by atoms with Crippen molar-refractivity contribution < 1.29 is 5.11 Å². The molecular weight excluding hydrogens is 160 g/mol. The topological polar surface area (TPSA) is 20.2 Å². The van der Waals surface area contributed by atoms with Crippen LogP contribution in [0, 0.1) is 17.8 Å². The van der Waals surface area contributed by atoms with Gasteiger partial charge in [-0.3, -0.25) is 0 Å². The van der Waals surface area contributed by atoms with Crippen LogP contribution in [0.2, 0.25) is 0 Å². The Morgan fingerprint density at radius 1 is 1.15 bits per heavy atom. The molecule has 1 heteroatoms. The highest BCUT2D eigenvalue weighted by Crippen LogP contribution is 2.02. The summed E-state index contributed by atoms with van der Waals surface area (Å²) >= 11 is 0. The second-order valence-electron chi connectivity index (χ2n) is 3.82. The van der Waals surface area contributed by atoms with Crippen molar-refractivity contribution in [2.75, 3.05) is 0 Å². The molecule has 0 aliphatic rings. The lowest BCUT2D eigenvalue weighted by atomic mass is 10.1. The van der Waals surface area contributed by atoms with Crippen LogP contribution in [-0.2, 0) is 0 Å². The molecular formula is C12H22O. The van der Waals surface area contributed by atoms with E-state index in [1.165, 1.54) is 25.7 Å². The second kappa shape index (κ2) is 8.13. The Morgan fingerprint density at radius 3 is 2.38 bits per heavy atom. The molecule has 0 fully saturated rings. The lowest BCUT2D eigenvalue weighted by molar-refractivity contribution is 0.181. The fraction of sp³-hybridized carbons (Fsp3) is 0.833. The van der Waals surface area contributed by atoms with Crippen LogP contribution in [0.4, 0.5) is 0 Å². The highest BCUT2D eigenvalue weighted by atomic mass is 16.3. The van der Waals surface area contributed by atoms with Crippen molar-refractivity contribution >= 4 is 0 Å². The summed E-state index contributed by atoms with van der Waals surface area (Å²) in [7, 11) is 0. The molecule has 0 aliphatic carbocycles. The smallest absolute Gasteiger partial charge is 0.117 e. The third kappa shape index (κ3) is 7.87. The molecule has 13 heavy (non-hydrogen) atoms. The van der Waals surface area contributed by atoms with E-state index in [0.29, 0.717) is 0 Å². The normalized spacial score (nSPS) is 12.4. The SMILES string of the molecule is CCCCCCC#CC(O)C(C)C. The number of rotatable bonds is 5. The summed E-state index contributed by atoms with van der Waals surface area (Å²) < 4.78 is 0. The number of unbranched alkanes of at least 4 members (excludes halogenated alkanes) is 4. The van der Waals surface area contributed by atoms with E-state index in [1.807, 2.05) is 13.8 Å². The quantitative estimate of drug-likeness (QED) is 0.512. The van der Waals surface area contributed by atoms with Crippen LogP contribution in [0.25, 0.3) is 0 Å². The first kappa shape index (κ1) is 12.5. The Labute approximate surface area is 82.5 Å². The molecule has 0 bridgehead atoms. The van der Waals surface area contributed by atoms with E-state index in [4.69, 9.17) is 0 Å². The molecule has 0 rings (SSSR count). The van der Waals surface area contributed by atoms with Crippen LogP contribution in [-0.4, -0.2) is 11.2 Å². The van der Waals surface area contributed by atoms with Gasteiger partial charge in [-0.05, 0) is 12.3 Å². The van der Waals surface area contributed by atoms with Crippen LogP contribution in [0.3, 0.4) is 0 Å². The molecule has 0 radical (unpaired) electrons. The highest BCUT2D eigenvalue weighted by molar-refractivity contribution is 5.05. The molecule has 0 aromatic heterocycles. The van der Waals surface area contributed by atoms with Crippen molar-refractivity contribution in [1.82, 2.24) is 0 Å². The minimum Gasteiger partial charge on any atom is -0.380 e. The van der Waals surface area contributed by atoms with Gasteiger partial charge in [-0.15, -0.1) is 5.92 Å². The van der Waals surface area contributed by atoms with Crippen molar-refractivity contribution in [3.8, 4) is 11.8 Å². The first-order valence-electron chi connectivity index (χ1n) is 5.35. The molecule has 1 nitrogen and oxygen atoms in total. The van der Waals surface area contributed by atoms with Gasteiger partial charge in [0.25, 0.3) is 0 Å². The molecule has 0 aromatic rings. The van der Waals surface area contributed by atoms with Crippen molar-refractivity contribution in [2.24, 2.45) is 5.92 Å². The van der Waals surface area contributed by atoms with E-state index >= 15 is 0 Å². The monoisotopic (exact) mass is 182 g/mol. The van der Waals surface area contributed by atoms with Crippen LogP contribution in [0.1, 0.15) is 52.9 Å². The zero-order valence-corrected chi connectivity index (χ0v) is 9.14. The third-order valence-corrected chi connectivity index (χ3v) is 2.04. The van der Waals surface area contributed by atoms with E-state index in [-0.39, 0.29) is 5.92 Å². The standard InChI is InChI=1S/C12H22O/c1-4-5-6-7-8-9-10-12(13)11(2)3/h11-13H,4-8H2,1-3H3. The Kier molecular flexibility index (Phi) is 7.83. The maximum absolute atomic E-state index is 9.36. The maximum Gasteiger partial charge on any atom is 0.117 e. The molecule has 0 amide bonds. The Balaban J connectivity index is 3.39. The summed E-state index contributed by atoms with van der Waals surface area (Å²) in [6.07, 6.45) is 5.50. The van der Waals surface area contributed by atoms with Crippen LogP contribution >= 0.6 is 0 Å². The average molecular weight is 182 g/mol. The maximum atomic E-state index is 9.36. The van der Waals surface area contributed by atoms with Crippen molar-refractivity contribution in [2.45, 2.75) is 59.0 Å². The third-order valence-electron chi connectivity index (χ3n) is 2.04. The zero-order chi connectivity index (χ0) is 10.1. The van der Waals surface area contributed by atoms with Gasteiger partial charge in [0.15, 0.2) is 0 Å². The van der Waals surface area contributed by atoms with Gasteiger partial charge < -0.3 is 5.11 Å². The van der Waals surface area contributed by atoms with Crippen LogP contribution in [0.5, 0.6) is 0 Å². The molecule has 0 saturated carbocycles. The van der Waals surface area contributed by atoms with Gasteiger partial charge in [0.2, 0.25) is 0 Å². The Hall–Kier alpha value is -0.480. The zero-order valence-electron chi connectivity index (χ0n) is 9.14. The van der Waals surface area contributed by atoms with Gasteiger partial charge in [0, 0.05) is 6.42 Å². The van der Waals surface area contributed by atoms with Crippen molar-refractivity contribution in [3.05, 3.63) is 0 Å². The van der Waals surface area contributed by atoms with Gasteiger partial charge in [-0.25, -0.2) is 0 Å². The van der Waals surface area contributed by atoms with Gasteiger partial charge in [-0.1, -0.05) is 46.0 Å². The Morgan fingerprint density at radius 2 is 1.85 bits per heavy atom. The van der Waals surface area contributed by atoms with E-state index < -0.39 is 6.10 Å². The fourth-order valence-electron chi connectivity index (χ4n) is 0.984. The molecule has 1 unspecified atom stereocenters. The predicted molar refractivity (Wildman–Crippen MR) is 57.4 cm³/mol. The first-order valence-corrected chi connectivity index (χ1v) is 5.35. The van der Waals surface area contributed by atoms with Gasteiger partial charge >= 0.3 is 0 Å². The molecule has 0 aromatic carbocycles. The summed E-state index contributed by atoms with van der Waals surface area (Å²) in [6, 6.07) is 0. The predicted octanol–water partition coefficient (Wildman–Crippen LogP) is 2.98. The number of hydrogen-bond acceptors (Lipinski definition) is 1. The molecule has 0 spiro atoms. The van der Waals surface area contributed by atoms with Crippen molar-refractivity contribution in [3.63, 3.8) is 0 Å². The number of aliphatic hydroxyl groups is 1. The second-order valence-corrected chi connectivity index (χ2v) is 3.82. The largest absolute Gasteiger partial charge is 0.380 e. The lowest BCUT2D eigenvalue weighted by Gasteiger charge is -2.05. The average Bonchev–Trinajstić information content (AvgIpc) is 2.10. The lowest BCUT2D eigenvalue weighted by Crippen LogP contribution is -2.11. The summed E-state index contributed by atoms with van der Waals surface area (Å²) in [4.78, 5) is 0. The van der Waals surface area contributed by atoms with Gasteiger partial charge in [-0.2, -0.15) is 0 Å². The minimum absolute atomic E-state index is 0.253. The van der Waals surface area contributed by atoms with E-state index in [9.17, 15) is 5.11 Å². The van der Waals surface area contributed by atoms with Gasteiger partial charge in [0.05, 0.1) is 0 Å². The summed E-state index contributed by atoms with van der Waals surface area (Å²) in [6.45, 7) is 6.17. The van der Waals surface area contributed by atoms with Crippen molar-refractivity contribution in [1.29, 1.82) is 0 Å². The first-order chi connectivity index (χ1) is 6.18. The van der Waals surface area contributed by atoms with E-state index in [1.54, 1.807) is 0 Å². The number of aliphatic hydroxyl groups excluding tert-OH is 1. The molecule has 1 N–H and O–H groups in total. The summed E-state index contributed by atoms with van der Waals surface area (Å²) in [5.74, 6) is 6.14. The summed E-state index contributed by atoms with van der Waals surface area (Å²) in [5, 5.41) is 9.36. The van der Waals surface area contributed by atoms with E-state index in [2.05, 4.69) is 18.8 Å². The molecule has 0 saturated heterocycles. The molecule has 0 aliphatic heterocycles. The highest BCUT2D eigenvalue weighted by Gasteiger charge is 2.02. The fourth-order valence-corrected chi connectivity index (χ4v) is 0.984. The summed E-state index contributed by atoms with van der Waals surface area (Å²) in [5.41, 5.74) is 0. The van der Waals surface area contributed by atoms with Gasteiger partial charge in [0.1, 0.15) is 6.10 Å². The molecule has 76 valence electrons. The van der Waals surface area contributed by atoms with Crippen LogP contribution < -0.4 is 0 Å². The number of hydrogen-bond donors (Lipinski definition) is 1. The van der Waals surface area contributed by atoms with E-state index in [0.717, 1.165) is 6.42 Å². The molecule has 1 atom stereocenters. The minimum atomic E-state index is -0.439. The van der Waals surface area contributed by atoms with Crippen LogP contribution in [0.15, 0.2) is 0 Å². The molecule has 0 heterocycles. The Bertz CT molecular complexity index is 162.